The summed E-state index contributed by atoms with van der Waals surface area (Å²) in [6.07, 6.45) is 8.02. The molecule has 0 spiro atoms. The Labute approximate surface area is 334 Å². The predicted octanol–water partition coefficient (Wildman–Crippen LogP) is 8.63. The number of nitrogens with zero attached hydrogens (tertiary/aromatic N) is 5. The second-order valence-electron chi connectivity index (χ2n) is 19.7. The summed E-state index contributed by atoms with van der Waals surface area (Å²) in [7, 11) is 4.15. The first-order valence-electron chi connectivity index (χ1n) is 21.1. The Bertz CT molecular complexity index is 1900. The number of likely N-dealkylation sites (N-methyl/N-ethyl adjacent to an activating group) is 1. The number of hydrogen-bond donors (Lipinski definition) is 1. The lowest BCUT2D eigenvalue weighted by Gasteiger charge is -2.65. The van der Waals surface area contributed by atoms with Crippen molar-refractivity contribution in [3.05, 3.63) is 46.8 Å². The van der Waals surface area contributed by atoms with E-state index < -0.39 is 22.8 Å². The van der Waals surface area contributed by atoms with Crippen molar-refractivity contribution in [2.24, 2.45) is 45.8 Å². The highest BCUT2D eigenvalue weighted by Crippen LogP contribution is 2.70. The van der Waals surface area contributed by atoms with Crippen LogP contribution < -0.4 is 0 Å². The van der Waals surface area contributed by atoms with Crippen molar-refractivity contribution in [2.45, 2.75) is 138 Å². The van der Waals surface area contributed by atoms with Crippen molar-refractivity contribution in [1.82, 2.24) is 19.7 Å². The smallest absolute Gasteiger partial charge is 0.309 e. The van der Waals surface area contributed by atoms with Crippen molar-refractivity contribution in [3.8, 4) is 17.5 Å². The Balaban J connectivity index is 1.33. The van der Waals surface area contributed by atoms with Gasteiger partial charge in [-0.3, -0.25) is 14.4 Å². The predicted molar refractivity (Wildman–Crippen MR) is 216 cm³/mol. The van der Waals surface area contributed by atoms with Gasteiger partial charge in [0.15, 0.2) is 11.6 Å². The van der Waals surface area contributed by atoms with Crippen LogP contribution in [0.3, 0.4) is 0 Å². The Kier molecular flexibility index (Phi) is 11.6. The highest BCUT2D eigenvalue weighted by Gasteiger charge is 2.64. The van der Waals surface area contributed by atoms with Crippen LogP contribution in [0.2, 0.25) is 0 Å². The normalized spacial score (nSPS) is 30.8. The van der Waals surface area contributed by atoms with Gasteiger partial charge in [0.1, 0.15) is 5.82 Å². The molecule has 56 heavy (non-hydrogen) atoms. The van der Waals surface area contributed by atoms with Gasteiger partial charge in [0, 0.05) is 25.1 Å². The van der Waals surface area contributed by atoms with Gasteiger partial charge in [-0.25, -0.2) is 0 Å². The third kappa shape index (κ3) is 7.27. The number of ether oxygens (including phenoxy) is 1. The molecule has 6 rings (SSSR count). The van der Waals surface area contributed by atoms with Crippen LogP contribution in [-0.2, 0) is 31.1 Å². The van der Waals surface area contributed by atoms with E-state index in [4.69, 9.17) is 14.9 Å². The third-order valence-corrected chi connectivity index (χ3v) is 15.1. The van der Waals surface area contributed by atoms with Crippen LogP contribution in [-0.4, -0.2) is 69.2 Å². The molecule has 1 aromatic heterocycles. The summed E-state index contributed by atoms with van der Waals surface area (Å²) in [5.74, 6) is 2.37. The van der Waals surface area contributed by atoms with Crippen LogP contribution in [0.5, 0.6) is 0 Å². The lowest BCUT2D eigenvalue weighted by molar-refractivity contribution is -0.160. The van der Waals surface area contributed by atoms with Gasteiger partial charge in [0.25, 0.3) is 0 Å². The minimum Gasteiger partial charge on any atom is -0.481 e. The fourth-order valence-corrected chi connectivity index (χ4v) is 11.9. The summed E-state index contributed by atoms with van der Waals surface area (Å²) in [6, 6.07) is 9.80. The van der Waals surface area contributed by atoms with Crippen molar-refractivity contribution in [1.29, 1.82) is 5.26 Å². The number of esters is 1. The topological polar surface area (TPSA) is 138 Å². The molecule has 4 aliphatic rings. The maximum Gasteiger partial charge on any atom is 0.309 e. The van der Waals surface area contributed by atoms with Gasteiger partial charge < -0.3 is 19.3 Å². The van der Waals surface area contributed by atoms with Crippen molar-refractivity contribution >= 4 is 17.7 Å². The standard InChI is InChI=1S/C46H65N5O5/c1-28(2)38-35(52)25-46(41-49-48-40(51(41)24-23-50(9)10)32-13-11-31(27-47)12-14-32)22-19-34-33(39(38)46)15-16-36-44(7,29(3)17-20-45(34,36)8)21-18-30(4)56-37(53)26-43(5,6)42(54)55/h11-14,28-30,33-34,36H,15-26H2,1-10H3,(H,54,55)/t29-,30?,33?,34?,36-,44?,45?,46?/m1/s1. The van der Waals surface area contributed by atoms with E-state index in [0.29, 0.717) is 42.2 Å². The number of carbonyl (C=O) groups excluding carboxylic acids is 2. The molecule has 1 aromatic carbocycles. The summed E-state index contributed by atoms with van der Waals surface area (Å²) >= 11 is 0. The van der Waals surface area contributed by atoms with E-state index in [1.54, 1.807) is 13.8 Å². The number of aliphatic carboxylic acids is 1. The summed E-state index contributed by atoms with van der Waals surface area (Å²) in [4.78, 5) is 41.0. The second-order valence-corrected chi connectivity index (χ2v) is 19.7. The molecule has 8 atom stereocenters. The van der Waals surface area contributed by atoms with Gasteiger partial charge >= 0.3 is 11.9 Å². The van der Waals surface area contributed by atoms with E-state index >= 15 is 0 Å². The SMILES string of the molecule is CC(CCC1(C)[C@H](C)CCC2(C)C3CCC4(c5nnc(-c6ccc(C#N)cc6)n5CCN(C)C)CC(=O)C(C(C)C)=C4C3CC[C@@H]21)OC(=O)CC(C)(C)C(=O)O. The number of carbonyl (C=O) groups is 3. The Morgan fingerprint density at radius 3 is 2.39 bits per heavy atom. The molecule has 6 unspecified atom stereocenters. The number of benzene rings is 1. The van der Waals surface area contributed by atoms with Crippen LogP contribution in [0.15, 0.2) is 35.4 Å². The number of hydrogen-bond acceptors (Lipinski definition) is 8. The highest BCUT2D eigenvalue weighted by atomic mass is 16.5. The first-order chi connectivity index (χ1) is 26.3. The number of fused-ring (bicyclic) bond motifs is 5. The number of nitriles is 1. The molecule has 3 fully saturated rings. The number of allylic oxidation sites excluding steroid dienone is 2. The summed E-state index contributed by atoms with van der Waals surface area (Å²) < 4.78 is 8.09. The largest absolute Gasteiger partial charge is 0.481 e. The van der Waals surface area contributed by atoms with Gasteiger partial charge in [-0.2, -0.15) is 5.26 Å². The summed E-state index contributed by atoms with van der Waals surface area (Å²) in [5.41, 5.74) is 2.38. The van der Waals surface area contributed by atoms with E-state index in [2.05, 4.69) is 64.3 Å². The van der Waals surface area contributed by atoms with Gasteiger partial charge in [-0.05, 0) is 162 Å². The zero-order valence-electron chi connectivity index (χ0n) is 35.6. The third-order valence-electron chi connectivity index (χ3n) is 15.1. The van der Waals surface area contributed by atoms with Crippen LogP contribution in [0.4, 0.5) is 0 Å². The molecule has 0 saturated heterocycles. The molecule has 3 saturated carbocycles. The summed E-state index contributed by atoms with van der Waals surface area (Å²) in [6.45, 7) is 18.4. The molecular weight excluding hydrogens is 703 g/mol. The summed E-state index contributed by atoms with van der Waals surface area (Å²) in [5, 5.41) is 28.9. The average molecular weight is 768 g/mol. The fourth-order valence-electron chi connectivity index (χ4n) is 11.9. The average Bonchev–Trinajstić information content (AvgIpc) is 3.70. The molecule has 4 aliphatic carbocycles. The quantitative estimate of drug-likeness (QED) is 0.199. The molecule has 10 heteroatoms. The highest BCUT2D eigenvalue weighted by molar-refractivity contribution is 6.01. The lowest BCUT2D eigenvalue weighted by Crippen LogP contribution is -2.57. The van der Waals surface area contributed by atoms with Crippen LogP contribution in [0.1, 0.15) is 131 Å². The molecule has 10 nitrogen and oxygen atoms in total. The van der Waals surface area contributed by atoms with Crippen LogP contribution in [0.25, 0.3) is 11.4 Å². The lowest BCUT2D eigenvalue weighted by atomic mass is 9.40. The Hall–Kier alpha value is -3.84. The minimum atomic E-state index is -1.16. The number of Topliss-reactive ketones (excluding diaryl/α,β-unsaturated/α-hetero) is 1. The van der Waals surface area contributed by atoms with Crippen molar-refractivity contribution in [3.63, 3.8) is 0 Å². The van der Waals surface area contributed by atoms with E-state index in [0.717, 1.165) is 80.7 Å². The van der Waals surface area contributed by atoms with E-state index in [-0.39, 0.29) is 35.1 Å². The minimum absolute atomic E-state index is 0.0522. The fraction of sp³-hybridized carbons (Fsp3) is 0.696. The number of rotatable bonds is 13. The molecule has 1 N–H and O–H groups in total. The molecule has 0 amide bonds. The number of ketones is 1. The van der Waals surface area contributed by atoms with Gasteiger partial charge in [0.05, 0.1) is 35.0 Å². The van der Waals surface area contributed by atoms with E-state index in [1.165, 1.54) is 5.57 Å². The Morgan fingerprint density at radius 2 is 1.77 bits per heavy atom. The van der Waals surface area contributed by atoms with Gasteiger partial charge in [0.2, 0.25) is 0 Å². The van der Waals surface area contributed by atoms with E-state index in [1.807, 2.05) is 31.2 Å². The first kappa shape index (κ1) is 41.8. The zero-order chi connectivity index (χ0) is 41.0. The van der Waals surface area contributed by atoms with Crippen LogP contribution in [0, 0.1) is 57.2 Å². The van der Waals surface area contributed by atoms with Crippen molar-refractivity contribution in [2.75, 3.05) is 20.6 Å². The molecule has 0 radical (unpaired) electrons. The van der Waals surface area contributed by atoms with Gasteiger partial charge in [-0.15, -0.1) is 10.2 Å². The molecule has 304 valence electrons. The molecule has 0 bridgehead atoms. The number of aromatic nitrogens is 3. The first-order valence-corrected chi connectivity index (χ1v) is 21.1. The maximum atomic E-state index is 14.4. The monoisotopic (exact) mass is 767 g/mol. The molecule has 2 aromatic rings. The Morgan fingerprint density at radius 1 is 1.07 bits per heavy atom. The zero-order valence-corrected chi connectivity index (χ0v) is 35.6. The molecule has 1 heterocycles. The van der Waals surface area contributed by atoms with Crippen LogP contribution >= 0.6 is 0 Å². The number of carboxylic acids is 1. The van der Waals surface area contributed by atoms with E-state index in [9.17, 15) is 24.8 Å². The number of carboxylic acid groups (broad SMARTS) is 1. The van der Waals surface area contributed by atoms with Crippen molar-refractivity contribution < 1.29 is 24.2 Å². The van der Waals surface area contributed by atoms with Gasteiger partial charge in [-0.1, -0.05) is 34.6 Å². The maximum absolute atomic E-state index is 14.4. The second kappa shape index (κ2) is 15.5. The molecule has 0 aliphatic heterocycles. The molecular formula is C46H65N5O5.